The number of imidazole rings is 1. The number of aromatic nitrogens is 4. The van der Waals surface area contributed by atoms with Gasteiger partial charge in [-0.3, -0.25) is 13.9 Å². The van der Waals surface area contributed by atoms with Crippen molar-refractivity contribution in [2.75, 3.05) is 11.4 Å². The third-order valence-electron chi connectivity index (χ3n) is 6.67. The number of hydrogen-bond acceptors (Lipinski definition) is 4. The minimum absolute atomic E-state index is 0.245. The van der Waals surface area contributed by atoms with Crippen LogP contribution in [0.25, 0.3) is 11.2 Å². The Bertz CT molecular complexity index is 1470. The summed E-state index contributed by atoms with van der Waals surface area (Å²) in [5.41, 5.74) is 5.81. The molecule has 0 fully saturated rings. The normalized spacial score (nSPS) is 13.6. The van der Waals surface area contributed by atoms with Crippen LogP contribution in [0.1, 0.15) is 28.7 Å². The van der Waals surface area contributed by atoms with Crippen LogP contribution in [0.3, 0.4) is 0 Å². The summed E-state index contributed by atoms with van der Waals surface area (Å²) >= 11 is 0. The minimum Gasteiger partial charge on any atom is -0.312 e. The molecule has 7 nitrogen and oxygen atoms in total. The lowest BCUT2D eigenvalue weighted by Gasteiger charge is -2.30. The van der Waals surface area contributed by atoms with Crippen LogP contribution in [0.15, 0.2) is 52.1 Å². The molecule has 0 bridgehead atoms. The highest BCUT2D eigenvalue weighted by Crippen LogP contribution is 2.33. The smallest absolute Gasteiger partial charge is 0.312 e. The molecule has 0 atom stereocenters. The van der Waals surface area contributed by atoms with Crippen LogP contribution < -0.4 is 16.1 Å². The van der Waals surface area contributed by atoms with Gasteiger partial charge in [-0.25, -0.2) is 4.79 Å². The molecule has 0 aliphatic carbocycles. The molecular weight excluding hydrogens is 402 g/mol. The van der Waals surface area contributed by atoms with Crippen molar-refractivity contribution in [3.05, 3.63) is 85.6 Å². The van der Waals surface area contributed by atoms with Crippen LogP contribution in [-0.2, 0) is 20.1 Å². The van der Waals surface area contributed by atoms with Gasteiger partial charge in [0.2, 0.25) is 5.95 Å². The highest BCUT2D eigenvalue weighted by atomic mass is 16.2. The van der Waals surface area contributed by atoms with Crippen LogP contribution >= 0.6 is 0 Å². The predicted molar refractivity (Wildman–Crippen MR) is 127 cm³/mol. The predicted octanol–water partition coefficient (Wildman–Crippen LogP) is 3.41. The Hall–Kier alpha value is -3.61. The average molecular weight is 430 g/mol. The molecular formula is C25H27N5O2. The van der Waals surface area contributed by atoms with E-state index in [4.69, 9.17) is 4.98 Å². The monoisotopic (exact) mass is 429 g/mol. The van der Waals surface area contributed by atoms with Gasteiger partial charge in [-0.1, -0.05) is 36.4 Å². The van der Waals surface area contributed by atoms with Gasteiger partial charge in [-0.2, -0.15) is 4.98 Å². The molecule has 4 aromatic rings. The fourth-order valence-electron chi connectivity index (χ4n) is 4.62. The molecule has 5 rings (SSSR count). The van der Waals surface area contributed by atoms with Crippen LogP contribution in [0, 0.1) is 20.8 Å². The lowest BCUT2D eigenvalue weighted by atomic mass is 10.1. The van der Waals surface area contributed by atoms with Gasteiger partial charge in [-0.15, -0.1) is 0 Å². The lowest BCUT2D eigenvalue weighted by molar-refractivity contribution is 0.597. The lowest BCUT2D eigenvalue weighted by Crippen LogP contribution is -2.40. The van der Waals surface area contributed by atoms with Crippen molar-refractivity contribution in [2.24, 2.45) is 7.05 Å². The summed E-state index contributed by atoms with van der Waals surface area (Å²) < 4.78 is 4.81. The van der Waals surface area contributed by atoms with E-state index in [9.17, 15) is 9.59 Å². The number of hydrogen-bond donors (Lipinski definition) is 0. The zero-order valence-corrected chi connectivity index (χ0v) is 18.9. The van der Waals surface area contributed by atoms with Crippen molar-refractivity contribution in [3.63, 3.8) is 0 Å². The number of rotatable bonds is 3. The average Bonchev–Trinajstić information content (AvgIpc) is 3.18. The Balaban J connectivity index is 1.73. The number of nitrogens with zero attached hydrogens (tertiary/aromatic N) is 5. The third-order valence-corrected chi connectivity index (χ3v) is 6.67. The highest BCUT2D eigenvalue weighted by molar-refractivity contribution is 5.77. The summed E-state index contributed by atoms with van der Waals surface area (Å²) in [6.45, 7) is 7.96. The number of benzene rings is 2. The van der Waals surface area contributed by atoms with E-state index in [1.165, 1.54) is 20.3 Å². The maximum Gasteiger partial charge on any atom is 0.332 e. The first-order valence-corrected chi connectivity index (χ1v) is 11.0. The Kier molecular flexibility index (Phi) is 4.77. The van der Waals surface area contributed by atoms with E-state index in [0.29, 0.717) is 17.7 Å². The van der Waals surface area contributed by atoms with Gasteiger partial charge in [0.25, 0.3) is 5.56 Å². The molecule has 0 N–H and O–H groups in total. The summed E-state index contributed by atoms with van der Waals surface area (Å²) in [6, 6.07) is 14.1. The molecule has 0 spiro atoms. The summed E-state index contributed by atoms with van der Waals surface area (Å²) in [7, 11) is 1.69. The molecule has 2 aromatic heterocycles. The molecule has 3 heterocycles. The van der Waals surface area contributed by atoms with Gasteiger partial charge in [0, 0.05) is 25.8 Å². The molecule has 0 unspecified atom stereocenters. The van der Waals surface area contributed by atoms with Crippen molar-refractivity contribution in [2.45, 2.75) is 40.3 Å². The van der Waals surface area contributed by atoms with Crippen LogP contribution in [0.2, 0.25) is 0 Å². The van der Waals surface area contributed by atoms with Gasteiger partial charge >= 0.3 is 5.69 Å². The van der Waals surface area contributed by atoms with Crippen molar-refractivity contribution in [1.29, 1.82) is 0 Å². The molecule has 164 valence electrons. The zero-order chi connectivity index (χ0) is 22.6. The number of anilines is 2. The highest BCUT2D eigenvalue weighted by Gasteiger charge is 2.27. The molecule has 2 aromatic carbocycles. The van der Waals surface area contributed by atoms with Gasteiger partial charge in [0.05, 0.1) is 6.54 Å². The van der Waals surface area contributed by atoms with E-state index in [1.807, 2.05) is 41.8 Å². The molecule has 1 aliphatic heterocycles. The number of fused-ring (bicyclic) bond motifs is 3. The summed E-state index contributed by atoms with van der Waals surface area (Å²) in [6.07, 6.45) is 0.895. The topological polar surface area (TPSA) is 65.1 Å². The van der Waals surface area contributed by atoms with E-state index in [0.717, 1.165) is 35.7 Å². The second-order valence-electron chi connectivity index (χ2n) is 8.62. The molecule has 7 heteroatoms. The fraction of sp³-hybridized carbons (Fsp3) is 0.320. The summed E-state index contributed by atoms with van der Waals surface area (Å²) in [5, 5.41) is 0. The van der Waals surface area contributed by atoms with E-state index in [-0.39, 0.29) is 17.8 Å². The second-order valence-corrected chi connectivity index (χ2v) is 8.62. The zero-order valence-electron chi connectivity index (χ0n) is 18.9. The largest absolute Gasteiger partial charge is 0.332 e. The first-order valence-electron chi connectivity index (χ1n) is 11.0. The summed E-state index contributed by atoms with van der Waals surface area (Å²) in [4.78, 5) is 33.7. The molecule has 0 amide bonds. The third kappa shape index (κ3) is 2.99. The van der Waals surface area contributed by atoms with Gasteiger partial charge in [-0.05, 0) is 55.5 Å². The van der Waals surface area contributed by atoms with Gasteiger partial charge < -0.3 is 9.47 Å². The van der Waals surface area contributed by atoms with Gasteiger partial charge in [0.1, 0.15) is 0 Å². The first kappa shape index (κ1) is 20.3. The van der Waals surface area contributed by atoms with Crippen molar-refractivity contribution < 1.29 is 0 Å². The van der Waals surface area contributed by atoms with E-state index in [2.05, 4.69) is 30.9 Å². The van der Waals surface area contributed by atoms with E-state index >= 15 is 0 Å². The SMILES string of the molecule is Cc1ccccc1Cn1c(=O)c2c(nc3n2CCCN3c2cccc(C)c2C)n(C)c1=O. The minimum atomic E-state index is -0.348. The number of aryl methyl sites for hydroxylation is 4. The first-order chi connectivity index (χ1) is 15.4. The van der Waals surface area contributed by atoms with Crippen LogP contribution in [0.4, 0.5) is 11.6 Å². The maximum absolute atomic E-state index is 13.6. The molecule has 1 aliphatic rings. The molecule has 32 heavy (non-hydrogen) atoms. The van der Waals surface area contributed by atoms with Crippen molar-refractivity contribution in [1.82, 2.24) is 18.7 Å². The van der Waals surface area contributed by atoms with Crippen LogP contribution in [-0.4, -0.2) is 25.2 Å². The van der Waals surface area contributed by atoms with Crippen LogP contribution in [0.5, 0.6) is 0 Å². The van der Waals surface area contributed by atoms with E-state index in [1.54, 1.807) is 7.05 Å². The molecule has 0 saturated heterocycles. The summed E-state index contributed by atoms with van der Waals surface area (Å²) in [5.74, 6) is 0.723. The second kappa shape index (κ2) is 7.51. The van der Waals surface area contributed by atoms with Crippen molar-refractivity contribution in [3.8, 4) is 0 Å². The molecule has 0 saturated carbocycles. The Labute approximate surface area is 186 Å². The van der Waals surface area contributed by atoms with Crippen molar-refractivity contribution >= 4 is 22.8 Å². The maximum atomic E-state index is 13.6. The Morgan fingerprint density at radius 3 is 2.47 bits per heavy atom. The van der Waals surface area contributed by atoms with E-state index < -0.39 is 0 Å². The Morgan fingerprint density at radius 1 is 0.938 bits per heavy atom. The Morgan fingerprint density at radius 2 is 1.69 bits per heavy atom. The fourth-order valence-corrected chi connectivity index (χ4v) is 4.62. The van der Waals surface area contributed by atoms with Gasteiger partial charge in [0.15, 0.2) is 11.2 Å². The quantitative estimate of drug-likeness (QED) is 0.501. The standard InChI is InChI=1S/C25H27N5O2/c1-16-10-7-12-20(18(16)3)28-13-8-14-29-21-22(26-24(28)29)27(4)25(32)30(23(21)31)15-19-11-6-5-9-17(19)2/h5-7,9-12H,8,13-15H2,1-4H3. The molecule has 0 radical (unpaired) electrons.